The standard InChI is InChI=1S/C14H21NOS.C3H4/c1-10-3-5-12(6-4-10)11(2)15-14(16)13-7-8-17-9-13;1-3-2/h7-12H,3-6H2,1-2H3,(H,15,16);1H,2H3. The molecule has 1 unspecified atom stereocenters. The maximum atomic E-state index is 11.9. The van der Waals surface area contributed by atoms with E-state index < -0.39 is 0 Å². The van der Waals surface area contributed by atoms with Gasteiger partial charge in [-0.2, -0.15) is 11.3 Å². The number of carbonyl (C=O) groups excluding carboxylic acids is 1. The van der Waals surface area contributed by atoms with E-state index in [0.29, 0.717) is 12.0 Å². The molecule has 1 aliphatic rings. The van der Waals surface area contributed by atoms with Crippen LogP contribution in [0.4, 0.5) is 0 Å². The van der Waals surface area contributed by atoms with Crippen LogP contribution in [0.3, 0.4) is 0 Å². The number of carbonyl (C=O) groups is 1. The topological polar surface area (TPSA) is 29.1 Å². The molecule has 1 fully saturated rings. The predicted molar refractivity (Wildman–Crippen MR) is 86.9 cm³/mol. The van der Waals surface area contributed by atoms with Crippen molar-refractivity contribution in [2.45, 2.75) is 52.5 Å². The zero-order valence-corrected chi connectivity index (χ0v) is 13.5. The molecule has 0 saturated heterocycles. The van der Waals surface area contributed by atoms with E-state index in [1.807, 2.05) is 16.8 Å². The van der Waals surface area contributed by atoms with Crippen LogP contribution >= 0.6 is 11.3 Å². The fourth-order valence-corrected chi connectivity index (χ4v) is 3.22. The van der Waals surface area contributed by atoms with Crippen LogP contribution in [0.5, 0.6) is 0 Å². The zero-order chi connectivity index (χ0) is 15.0. The summed E-state index contributed by atoms with van der Waals surface area (Å²) >= 11 is 1.57. The van der Waals surface area contributed by atoms with Gasteiger partial charge in [-0.05, 0) is 50.0 Å². The highest BCUT2D eigenvalue weighted by Gasteiger charge is 2.24. The number of amides is 1. The first kappa shape index (κ1) is 16.8. The molecule has 0 spiro atoms. The Morgan fingerprint density at radius 1 is 1.45 bits per heavy atom. The molecule has 2 nitrogen and oxygen atoms in total. The second kappa shape index (κ2) is 8.81. The molecule has 1 aromatic heterocycles. The van der Waals surface area contributed by atoms with Crippen molar-refractivity contribution in [2.75, 3.05) is 0 Å². The summed E-state index contributed by atoms with van der Waals surface area (Å²) < 4.78 is 0. The van der Waals surface area contributed by atoms with Gasteiger partial charge in [-0.15, -0.1) is 12.3 Å². The van der Waals surface area contributed by atoms with Crippen molar-refractivity contribution in [1.82, 2.24) is 5.32 Å². The predicted octanol–water partition coefficient (Wildman–Crippen LogP) is 4.33. The van der Waals surface area contributed by atoms with Gasteiger partial charge in [-0.3, -0.25) is 4.79 Å². The van der Waals surface area contributed by atoms with Crippen LogP contribution in [0.25, 0.3) is 0 Å². The largest absolute Gasteiger partial charge is 0.349 e. The molecule has 1 aliphatic carbocycles. The fourth-order valence-electron chi connectivity index (χ4n) is 2.59. The van der Waals surface area contributed by atoms with Crippen LogP contribution in [0.2, 0.25) is 0 Å². The third-order valence-electron chi connectivity index (χ3n) is 3.91. The van der Waals surface area contributed by atoms with Crippen molar-refractivity contribution in [3.8, 4) is 12.3 Å². The van der Waals surface area contributed by atoms with Gasteiger partial charge in [-0.25, -0.2) is 0 Å². The lowest BCUT2D eigenvalue weighted by Gasteiger charge is -2.31. The van der Waals surface area contributed by atoms with Crippen LogP contribution < -0.4 is 5.32 Å². The maximum absolute atomic E-state index is 11.9. The normalized spacial score (nSPS) is 22.9. The fraction of sp³-hybridized carbons (Fsp3) is 0.588. The summed E-state index contributed by atoms with van der Waals surface area (Å²) in [5.74, 6) is 3.86. The highest BCUT2D eigenvalue weighted by Crippen LogP contribution is 2.30. The zero-order valence-electron chi connectivity index (χ0n) is 12.7. The van der Waals surface area contributed by atoms with E-state index in [1.54, 1.807) is 18.3 Å². The molecule has 1 N–H and O–H groups in total. The number of thiophene rings is 1. The molecule has 0 aliphatic heterocycles. The second-order valence-electron chi connectivity index (χ2n) is 5.58. The Morgan fingerprint density at radius 2 is 2.05 bits per heavy atom. The quantitative estimate of drug-likeness (QED) is 0.825. The van der Waals surface area contributed by atoms with E-state index in [0.717, 1.165) is 11.5 Å². The third-order valence-corrected chi connectivity index (χ3v) is 4.59. The second-order valence-corrected chi connectivity index (χ2v) is 6.36. The average molecular weight is 291 g/mol. The van der Waals surface area contributed by atoms with Gasteiger partial charge in [-0.1, -0.05) is 19.8 Å². The van der Waals surface area contributed by atoms with Crippen LogP contribution in [0.1, 0.15) is 56.8 Å². The molecule has 3 heteroatoms. The SMILES string of the molecule is C#CC.CC1CCC(C(C)NC(=O)c2ccsc2)CC1. The average Bonchev–Trinajstić information content (AvgIpc) is 2.94. The molecule has 1 heterocycles. The Kier molecular flexibility index (Phi) is 7.40. The van der Waals surface area contributed by atoms with E-state index in [4.69, 9.17) is 0 Å². The summed E-state index contributed by atoms with van der Waals surface area (Å²) in [5, 5.41) is 6.99. The highest BCUT2D eigenvalue weighted by molar-refractivity contribution is 7.08. The van der Waals surface area contributed by atoms with Gasteiger partial charge in [0.05, 0.1) is 0 Å². The van der Waals surface area contributed by atoms with Crippen molar-refractivity contribution >= 4 is 17.2 Å². The number of rotatable bonds is 3. The monoisotopic (exact) mass is 291 g/mol. The number of terminal acetylenes is 1. The first-order chi connectivity index (χ1) is 9.58. The molecule has 110 valence electrons. The van der Waals surface area contributed by atoms with Crippen molar-refractivity contribution < 1.29 is 4.79 Å². The van der Waals surface area contributed by atoms with Gasteiger partial charge in [0.15, 0.2) is 0 Å². The number of hydrogen-bond donors (Lipinski definition) is 1. The molecule has 1 atom stereocenters. The van der Waals surface area contributed by atoms with Gasteiger partial charge in [0.2, 0.25) is 0 Å². The van der Waals surface area contributed by atoms with Crippen molar-refractivity contribution in [3.05, 3.63) is 22.4 Å². The maximum Gasteiger partial charge on any atom is 0.252 e. The summed E-state index contributed by atoms with van der Waals surface area (Å²) in [5.41, 5.74) is 0.797. The van der Waals surface area contributed by atoms with E-state index in [9.17, 15) is 4.79 Å². The summed E-state index contributed by atoms with van der Waals surface area (Å²) in [6.07, 6.45) is 9.73. The molecule has 1 saturated carbocycles. The Bertz CT molecular complexity index is 424. The third kappa shape index (κ3) is 5.38. The molecule has 1 aromatic rings. The van der Waals surface area contributed by atoms with Gasteiger partial charge >= 0.3 is 0 Å². The molecule has 2 rings (SSSR count). The van der Waals surface area contributed by atoms with Gasteiger partial charge < -0.3 is 5.32 Å². The van der Waals surface area contributed by atoms with Crippen molar-refractivity contribution in [1.29, 1.82) is 0 Å². The summed E-state index contributed by atoms with van der Waals surface area (Å²) in [4.78, 5) is 11.9. The minimum Gasteiger partial charge on any atom is -0.349 e. The minimum atomic E-state index is 0.0809. The van der Waals surface area contributed by atoms with Crippen LogP contribution in [-0.2, 0) is 0 Å². The van der Waals surface area contributed by atoms with Gasteiger partial charge in [0.1, 0.15) is 0 Å². The van der Waals surface area contributed by atoms with E-state index in [-0.39, 0.29) is 5.91 Å². The van der Waals surface area contributed by atoms with Crippen LogP contribution in [0, 0.1) is 24.2 Å². The Morgan fingerprint density at radius 3 is 2.55 bits per heavy atom. The molecule has 0 bridgehead atoms. The number of nitrogens with one attached hydrogen (secondary N) is 1. The van der Waals surface area contributed by atoms with E-state index in [2.05, 4.69) is 31.5 Å². The van der Waals surface area contributed by atoms with Crippen molar-refractivity contribution in [3.63, 3.8) is 0 Å². The summed E-state index contributed by atoms with van der Waals surface area (Å²) in [7, 11) is 0. The number of hydrogen-bond acceptors (Lipinski definition) is 2. The van der Waals surface area contributed by atoms with Crippen LogP contribution in [0.15, 0.2) is 16.8 Å². The lowest BCUT2D eigenvalue weighted by Crippen LogP contribution is -2.39. The lowest BCUT2D eigenvalue weighted by atomic mass is 9.79. The summed E-state index contributed by atoms with van der Waals surface area (Å²) in [6, 6.07) is 2.19. The minimum absolute atomic E-state index is 0.0809. The first-order valence-corrected chi connectivity index (χ1v) is 8.23. The Balaban J connectivity index is 0.000000612. The molecule has 20 heavy (non-hydrogen) atoms. The molecular weight excluding hydrogens is 266 g/mol. The Labute approximate surface area is 127 Å². The first-order valence-electron chi connectivity index (χ1n) is 7.28. The molecule has 0 aromatic carbocycles. The molecule has 1 amide bonds. The lowest BCUT2D eigenvalue weighted by molar-refractivity contribution is 0.0916. The smallest absolute Gasteiger partial charge is 0.252 e. The van der Waals surface area contributed by atoms with E-state index in [1.165, 1.54) is 25.7 Å². The summed E-state index contributed by atoms with van der Waals surface area (Å²) in [6.45, 7) is 6.12. The van der Waals surface area contributed by atoms with E-state index >= 15 is 0 Å². The van der Waals surface area contributed by atoms with Crippen LogP contribution in [-0.4, -0.2) is 11.9 Å². The molecule has 0 radical (unpaired) electrons. The molecular formula is C17H25NOS. The van der Waals surface area contributed by atoms with Crippen molar-refractivity contribution in [2.24, 2.45) is 11.8 Å². The van der Waals surface area contributed by atoms with Gasteiger partial charge in [0, 0.05) is 17.0 Å². The van der Waals surface area contributed by atoms with Gasteiger partial charge in [0.25, 0.3) is 5.91 Å². The Hall–Kier alpha value is -1.27. The highest BCUT2D eigenvalue weighted by atomic mass is 32.1.